The average Bonchev–Trinajstić information content (AvgIpc) is 2.37. The lowest BCUT2D eigenvalue weighted by Crippen LogP contribution is -2.59. The van der Waals surface area contributed by atoms with Crippen LogP contribution in [0.1, 0.15) is 23.2 Å². The molecule has 0 saturated carbocycles. The molecule has 0 radical (unpaired) electrons. The molecule has 1 amide bonds. The summed E-state index contributed by atoms with van der Waals surface area (Å²) in [6, 6.07) is 7.80. The van der Waals surface area contributed by atoms with Gasteiger partial charge >= 0.3 is 0 Å². The van der Waals surface area contributed by atoms with Crippen LogP contribution in [-0.4, -0.2) is 35.0 Å². The van der Waals surface area contributed by atoms with Gasteiger partial charge in [-0.15, -0.1) is 0 Å². The minimum Gasteiger partial charge on any atom is -0.362 e. The maximum absolute atomic E-state index is 12.4. The van der Waals surface area contributed by atoms with Gasteiger partial charge in [-0.05, 0) is 36.5 Å². The molecule has 1 fully saturated rings. The van der Waals surface area contributed by atoms with Crippen molar-refractivity contribution in [2.75, 3.05) is 23.9 Å². The number of nitrogens with zero attached hydrogens (tertiary/aromatic N) is 1. The summed E-state index contributed by atoms with van der Waals surface area (Å²) in [5, 5.41) is 3.58. The number of thioether (sulfide) groups is 1. The molecule has 3 rings (SSSR count). The Bertz CT molecular complexity index is 454. The van der Waals surface area contributed by atoms with Gasteiger partial charge in [0.05, 0.1) is 5.56 Å². The van der Waals surface area contributed by atoms with Gasteiger partial charge in [-0.2, -0.15) is 11.8 Å². The van der Waals surface area contributed by atoms with E-state index in [0.717, 1.165) is 35.6 Å². The predicted octanol–water partition coefficient (Wildman–Crippen LogP) is 2.41. The first kappa shape index (κ1) is 11.0. The van der Waals surface area contributed by atoms with Crippen molar-refractivity contribution in [2.24, 2.45) is 0 Å². The number of amides is 1. The molecule has 1 aromatic rings. The van der Waals surface area contributed by atoms with Crippen LogP contribution in [0, 0.1) is 0 Å². The second-order valence-corrected chi connectivity index (χ2v) is 5.90. The number of anilines is 1. The Labute approximate surface area is 106 Å². The van der Waals surface area contributed by atoms with Crippen LogP contribution in [0.5, 0.6) is 0 Å². The Morgan fingerprint density at radius 2 is 2.00 bits per heavy atom. The molecule has 2 heterocycles. The van der Waals surface area contributed by atoms with Gasteiger partial charge in [0.15, 0.2) is 0 Å². The van der Waals surface area contributed by atoms with E-state index >= 15 is 0 Å². The van der Waals surface area contributed by atoms with Crippen LogP contribution < -0.4 is 5.32 Å². The van der Waals surface area contributed by atoms with Crippen molar-refractivity contribution in [3.05, 3.63) is 29.8 Å². The molecule has 4 heteroatoms. The quantitative estimate of drug-likeness (QED) is 0.765. The van der Waals surface area contributed by atoms with Crippen molar-refractivity contribution in [1.82, 2.24) is 4.90 Å². The molecule has 17 heavy (non-hydrogen) atoms. The first-order chi connectivity index (χ1) is 8.23. The van der Waals surface area contributed by atoms with Gasteiger partial charge in [-0.25, -0.2) is 0 Å². The largest absolute Gasteiger partial charge is 0.362 e. The third kappa shape index (κ3) is 1.62. The van der Waals surface area contributed by atoms with Gasteiger partial charge in [0.1, 0.15) is 5.66 Å². The lowest BCUT2D eigenvalue weighted by Gasteiger charge is -2.48. The van der Waals surface area contributed by atoms with Crippen LogP contribution in [0.4, 0.5) is 5.69 Å². The molecule has 0 unspecified atom stereocenters. The van der Waals surface area contributed by atoms with E-state index in [1.54, 1.807) is 0 Å². The molecule has 2 aliphatic rings. The van der Waals surface area contributed by atoms with E-state index in [-0.39, 0.29) is 11.6 Å². The lowest BCUT2D eigenvalue weighted by molar-refractivity contribution is 0.0570. The number of fused-ring (bicyclic) bond motifs is 1. The molecule has 0 bridgehead atoms. The number of rotatable bonds is 0. The van der Waals surface area contributed by atoms with Gasteiger partial charge in [-0.3, -0.25) is 4.79 Å². The van der Waals surface area contributed by atoms with Crippen LogP contribution in [0.25, 0.3) is 0 Å². The number of para-hydroxylation sites is 1. The summed E-state index contributed by atoms with van der Waals surface area (Å²) in [6.45, 7) is 0. The molecule has 1 spiro atoms. The number of hydrogen-bond donors (Lipinski definition) is 1. The summed E-state index contributed by atoms with van der Waals surface area (Å²) >= 11 is 1.97. The highest BCUT2D eigenvalue weighted by Gasteiger charge is 2.43. The Morgan fingerprint density at radius 3 is 2.76 bits per heavy atom. The van der Waals surface area contributed by atoms with E-state index in [9.17, 15) is 4.79 Å². The van der Waals surface area contributed by atoms with E-state index in [1.165, 1.54) is 0 Å². The van der Waals surface area contributed by atoms with Crippen molar-refractivity contribution >= 4 is 23.4 Å². The predicted molar refractivity (Wildman–Crippen MR) is 71.4 cm³/mol. The molecule has 0 atom stereocenters. The zero-order valence-electron chi connectivity index (χ0n) is 9.90. The Balaban J connectivity index is 2.03. The van der Waals surface area contributed by atoms with Crippen LogP contribution in [0.3, 0.4) is 0 Å². The van der Waals surface area contributed by atoms with Gasteiger partial charge in [0.25, 0.3) is 5.91 Å². The highest BCUT2D eigenvalue weighted by molar-refractivity contribution is 7.99. The van der Waals surface area contributed by atoms with Crippen molar-refractivity contribution in [3.63, 3.8) is 0 Å². The number of carbonyl (C=O) groups is 1. The first-order valence-electron chi connectivity index (χ1n) is 5.96. The minimum atomic E-state index is -0.156. The minimum absolute atomic E-state index is 0.145. The van der Waals surface area contributed by atoms with Crippen LogP contribution in [0.15, 0.2) is 24.3 Å². The van der Waals surface area contributed by atoms with E-state index in [4.69, 9.17) is 0 Å². The van der Waals surface area contributed by atoms with E-state index in [0.29, 0.717) is 0 Å². The molecule has 1 aromatic carbocycles. The Morgan fingerprint density at radius 1 is 1.29 bits per heavy atom. The van der Waals surface area contributed by atoms with Crippen molar-refractivity contribution in [3.8, 4) is 0 Å². The van der Waals surface area contributed by atoms with Crippen LogP contribution >= 0.6 is 11.8 Å². The summed E-state index contributed by atoms with van der Waals surface area (Å²) < 4.78 is 0. The lowest BCUT2D eigenvalue weighted by atomic mass is 9.95. The van der Waals surface area contributed by atoms with Gasteiger partial charge in [-0.1, -0.05) is 12.1 Å². The third-order valence-corrected chi connectivity index (χ3v) is 4.78. The summed E-state index contributed by atoms with van der Waals surface area (Å²) in [4.78, 5) is 14.3. The van der Waals surface area contributed by atoms with Crippen LogP contribution in [0.2, 0.25) is 0 Å². The zero-order chi connectivity index (χ0) is 11.9. The maximum atomic E-state index is 12.4. The van der Waals surface area contributed by atoms with Crippen molar-refractivity contribution < 1.29 is 4.79 Å². The van der Waals surface area contributed by atoms with E-state index in [2.05, 4.69) is 5.32 Å². The molecule has 0 aromatic heterocycles. The standard InChI is InChI=1S/C13H16N2OS/c1-15-12(16)10-4-2-3-5-11(10)14-13(15)6-8-17-9-7-13/h2-5,14H,6-9H2,1H3. The third-order valence-electron chi connectivity index (χ3n) is 3.79. The molecular weight excluding hydrogens is 232 g/mol. The average molecular weight is 248 g/mol. The number of benzene rings is 1. The highest BCUT2D eigenvalue weighted by atomic mass is 32.2. The fourth-order valence-electron chi connectivity index (χ4n) is 2.66. The fraction of sp³-hybridized carbons (Fsp3) is 0.462. The summed E-state index contributed by atoms with van der Waals surface area (Å²) in [5.41, 5.74) is 1.62. The molecule has 1 saturated heterocycles. The Hall–Kier alpha value is -1.16. The van der Waals surface area contributed by atoms with Gasteiger partial charge in [0.2, 0.25) is 0 Å². The van der Waals surface area contributed by atoms with Crippen molar-refractivity contribution in [1.29, 1.82) is 0 Å². The molecule has 3 nitrogen and oxygen atoms in total. The van der Waals surface area contributed by atoms with Crippen molar-refractivity contribution in [2.45, 2.75) is 18.5 Å². The first-order valence-corrected chi connectivity index (χ1v) is 7.12. The zero-order valence-corrected chi connectivity index (χ0v) is 10.7. The molecular formula is C13H16N2OS. The highest BCUT2D eigenvalue weighted by Crippen LogP contribution is 2.38. The molecule has 1 N–H and O–H groups in total. The topological polar surface area (TPSA) is 32.3 Å². The maximum Gasteiger partial charge on any atom is 0.257 e. The smallest absolute Gasteiger partial charge is 0.257 e. The summed E-state index contributed by atoms with van der Waals surface area (Å²) in [6.07, 6.45) is 2.04. The Kier molecular flexibility index (Phi) is 2.54. The normalized spacial score (nSPS) is 22.2. The monoisotopic (exact) mass is 248 g/mol. The van der Waals surface area contributed by atoms with Crippen LogP contribution in [-0.2, 0) is 0 Å². The number of nitrogens with one attached hydrogen (secondary N) is 1. The fourth-order valence-corrected chi connectivity index (χ4v) is 3.83. The second kappa shape index (κ2) is 3.95. The summed E-state index contributed by atoms with van der Waals surface area (Å²) in [5.74, 6) is 2.38. The number of hydrogen-bond acceptors (Lipinski definition) is 3. The summed E-state index contributed by atoms with van der Waals surface area (Å²) in [7, 11) is 1.92. The SMILES string of the molecule is CN1C(=O)c2ccccc2NC12CCSCC2. The molecule has 2 aliphatic heterocycles. The van der Waals surface area contributed by atoms with Gasteiger partial charge < -0.3 is 10.2 Å². The van der Waals surface area contributed by atoms with E-state index < -0.39 is 0 Å². The second-order valence-electron chi connectivity index (χ2n) is 4.68. The van der Waals surface area contributed by atoms with Gasteiger partial charge in [0, 0.05) is 12.7 Å². The molecule has 0 aliphatic carbocycles. The van der Waals surface area contributed by atoms with E-state index in [1.807, 2.05) is 48.0 Å². The molecule has 90 valence electrons. The number of carbonyl (C=O) groups excluding carboxylic acids is 1.